The number of hydrogen-bond acceptors (Lipinski definition) is 4. The Morgan fingerprint density at radius 1 is 1.25 bits per heavy atom. The van der Waals surface area contributed by atoms with E-state index in [1.807, 2.05) is 40.2 Å². The van der Waals surface area contributed by atoms with E-state index >= 15 is 0 Å². The Kier molecular flexibility index (Phi) is 3.95. The second kappa shape index (κ2) is 6.39. The summed E-state index contributed by atoms with van der Waals surface area (Å²) in [5.74, 6) is 0. The van der Waals surface area contributed by atoms with Crippen molar-refractivity contribution in [3.05, 3.63) is 57.8 Å². The molecule has 4 heterocycles. The van der Waals surface area contributed by atoms with E-state index in [4.69, 9.17) is 0 Å². The number of aryl methyl sites for hydroxylation is 1. The van der Waals surface area contributed by atoms with Gasteiger partial charge in [0.2, 0.25) is 0 Å². The molecular formula is C19H20N6O2S. The zero-order chi connectivity index (χ0) is 19.4. The molecule has 0 aliphatic carbocycles. The van der Waals surface area contributed by atoms with Crippen LogP contribution in [0, 0.1) is 0 Å². The summed E-state index contributed by atoms with van der Waals surface area (Å²) >= 11 is 0. The standard InChI is InChI=1S/C19H20N6O2S/c1-23-17-11-24(28(2)27)8-7-12(17)14-9-20-25(19(26)18(14)23)10-16-13-5-3-4-6-15(13)21-22-16/h3-6,9H,7-8,10-11H2,1-2H3,(H,21,22). The number of nitrogens with one attached hydrogen (secondary N) is 1. The predicted molar refractivity (Wildman–Crippen MR) is 108 cm³/mol. The average molecular weight is 396 g/mol. The van der Waals surface area contributed by atoms with E-state index in [0.29, 0.717) is 18.6 Å². The number of aromatic nitrogens is 5. The van der Waals surface area contributed by atoms with Crippen molar-refractivity contribution in [3.8, 4) is 0 Å². The Morgan fingerprint density at radius 3 is 2.89 bits per heavy atom. The van der Waals surface area contributed by atoms with Gasteiger partial charge in [0.25, 0.3) is 5.56 Å². The fourth-order valence-corrected chi connectivity index (χ4v) is 4.75. The molecule has 0 fully saturated rings. The van der Waals surface area contributed by atoms with Crippen LogP contribution in [0.3, 0.4) is 0 Å². The normalized spacial score (nSPS) is 15.9. The van der Waals surface area contributed by atoms with Gasteiger partial charge in [-0.15, -0.1) is 0 Å². The lowest BCUT2D eigenvalue weighted by molar-refractivity contribution is 0.412. The van der Waals surface area contributed by atoms with Crippen LogP contribution in [0.4, 0.5) is 0 Å². The van der Waals surface area contributed by atoms with Gasteiger partial charge in [-0.05, 0) is 18.1 Å². The highest BCUT2D eigenvalue weighted by molar-refractivity contribution is 7.81. The van der Waals surface area contributed by atoms with Crippen molar-refractivity contribution in [1.29, 1.82) is 0 Å². The van der Waals surface area contributed by atoms with Gasteiger partial charge in [0.1, 0.15) is 5.52 Å². The molecule has 28 heavy (non-hydrogen) atoms. The summed E-state index contributed by atoms with van der Waals surface area (Å²) < 4.78 is 17.2. The molecule has 3 aromatic heterocycles. The van der Waals surface area contributed by atoms with E-state index in [0.717, 1.165) is 46.2 Å². The lowest BCUT2D eigenvalue weighted by atomic mass is 10.1. The van der Waals surface area contributed by atoms with Crippen LogP contribution in [-0.2, 0) is 37.5 Å². The van der Waals surface area contributed by atoms with Gasteiger partial charge in [0.15, 0.2) is 0 Å². The Bertz CT molecular complexity index is 1300. The molecule has 9 heteroatoms. The highest BCUT2D eigenvalue weighted by Gasteiger charge is 2.26. The first kappa shape index (κ1) is 17.3. The summed E-state index contributed by atoms with van der Waals surface area (Å²) in [4.78, 5) is 13.2. The first-order chi connectivity index (χ1) is 13.5. The summed E-state index contributed by atoms with van der Waals surface area (Å²) in [6.45, 7) is 1.63. The highest BCUT2D eigenvalue weighted by atomic mass is 32.2. The third-order valence-corrected chi connectivity index (χ3v) is 6.62. The molecule has 1 aliphatic rings. The Balaban J connectivity index is 1.61. The van der Waals surface area contributed by atoms with Crippen molar-refractivity contribution in [2.45, 2.75) is 19.5 Å². The monoisotopic (exact) mass is 396 g/mol. The fourth-order valence-electron chi connectivity index (χ4n) is 4.10. The SMILES string of the molecule is Cn1c2c(c3cnn(Cc4[nH]nc5ccccc45)c(=O)c31)CCN(S(C)=O)C2. The summed E-state index contributed by atoms with van der Waals surface area (Å²) in [6, 6.07) is 7.81. The number of aromatic amines is 1. The number of rotatable bonds is 3. The van der Waals surface area contributed by atoms with Gasteiger partial charge in [0.05, 0.1) is 41.5 Å². The molecule has 1 N–H and O–H groups in total. The van der Waals surface area contributed by atoms with Crippen LogP contribution in [0.5, 0.6) is 0 Å². The molecule has 0 bridgehead atoms. The molecule has 4 aromatic rings. The Morgan fingerprint density at radius 2 is 2.07 bits per heavy atom. The van der Waals surface area contributed by atoms with Crippen molar-refractivity contribution in [1.82, 2.24) is 28.9 Å². The molecule has 1 atom stereocenters. The maximum Gasteiger partial charge on any atom is 0.291 e. The lowest BCUT2D eigenvalue weighted by Gasteiger charge is -2.25. The van der Waals surface area contributed by atoms with Crippen LogP contribution in [0.2, 0.25) is 0 Å². The van der Waals surface area contributed by atoms with E-state index in [9.17, 15) is 9.00 Å². The van der Waals surface area contributed by atoms with Crippen molar-refractivity contribution in [3.63, 3.8) is 0 Å². The number of H-pyrrole nitrogens is 1. The molecule has 0 saturated carbocycles. The maximum absolute atomic E-state index is 13.2. The van der Waals surface area contributed by atoms with Gasteiger partial charge >= 0.3 is 0 Å². The van der Waals surface area contributed by atoms with E-state index in [2.05, 4.69) is 15.3 Å². The smallest absolute Gasteiger partial charge is 0.291 e. The molecule has 1 aromatic carbocycles. The number of hydrogen-bond donors (Lipinski definition) is 1. The quantitative estimate of drug-likeness (QED) is 0.566. The van der Waals surface area contributed by atoms with Gasteiger partial charge in [-0.25, -0.2) is 13.2 Å². The number of nitrogens with zero attached hydrogens (tertiary/aromatic N) is 5. The Labute approximate surface area is 163 Å². The fraction of sp³-hybridized carbons (Fsp3) is 0.316. The van der Waals surface area contributed by atoms with E-state index in [1.165, 1.54) is 4.68 Å². The Hall–Kier alpha value is -2.78. The van der Waals surface area contributed by atoms with Gasteiger partial charge in [0, 0.05) is 36.3 Å². The topological polar surface area (TPSA) is 88.8 Å². The van der Waals surface area contributed by atoms with Crippen molar-refractivity contribution >= 4 is 32.8 Å². The van der Waals surface area contributed by atoms with E-state index in [-0.39, 0.29) is 5.56 Å². The minimum atomic E-state index is -1.02. The van der Waals surface area contributed by atoms with Crippen LogP contribution in [0.15, 0.2) is 35.3 Å². The second-order valence-corrected chi connectivity index (χ2v) is 8.47. The number of para-hydroxylation sites is 1. The van der Waals surface area contributed by atoms with Crippen molar-refractivity contribution < 1.29 is 4.21 Å². The minimum absolute atomic E-state index is 0.128. The van der Waals surface area contributed by atoms with Crippen LogP contribution >= 0.6 is 0 Å². The largest absolute Gasteiger partial charge is 0.342 e. The predicted octanol–water partition coefficient (Wildman–Crippen LogP) is 1.31. The zero-order valence-corrected chi connectivity index (χ0v) is 16.5. The minimum Gasteiger partial charge on any atom is -0.342 e. The first-order valence-corrected chi connectivity index (χ1v) is 10.6. The molecule has 8 nitrogen and oxygen atoms in total. The summed E-state index contributed by atoms with van der Waals surface area (Å²) in [6.07, 6.45) is 4.24. The van der Waals surface area contributed by atoms with Crippen LogP contribution < -0.4 is 5.56 Å². The van der Waals surface area contributed by atoms with Gasteiger partial charge in [-0.1, -0.05) is 18.2 Å². The first-order valence-electron chi connectivity index (χ1n) is 9.11. The van der Waals surface area contributed by atoms with Crippen LogP contribution in [0.25, 0.3) is 21.8 Å². The van der Waals surface area contributed by atoms with Crippen LogP contribution in [-0.4, -0.2) is 45.9 Å². The molecular weight excluding hydrogens is 376 g/mol. The highest BCUT2D eigenvalue weighted by Crippen LogP contribution is 2.28. The third-order valence-electron chi connectivity index (χ3n) is 5.58. The number of fused-ring (bicyclic) bond motifs is 4. The van der Waals surface area contributed by atoms with Gasteiger partial charge in [-0.3, -0.25) is 9.89 Å². The molecule has 0 amide bonds. The molecule has 1 unspecified atom stereocenters. The molecule has 1 aliphatic heterocycles. The zero-order valence-electron chi connectivity index (χ0n) is 15.7. The van der Waals surface area contributed by atoms with E-state index < -0.39 is 11.0 Å². The van der Waals surface area contributed by atoms with Gasteiger partial charge in [-0.2, -0.15) is 10.2 Å². The summed E-state index contributed by atoms with van der Waals surface area (Å²) in [5.41, 5.74) is 4.43. The summed E-state index contributed by atoms with van der Waals surface area (Å²) in [7, 11) is 0.879. The van der Waals surface area contributed by atoms with Crippen molar-refractivity contribution in [2.24, 2.45) is 7.05 Å². The molecule has 144 valence electrons. The van der Waals surface area contributed by atoms with Crippen LogP contribution in [0.1, 0.15) is 17.0 Å². The molecule has 0 spiro atoms. The van der Waals surface area contributed by atoms with Gasteiger partial charge < -0.3 is 4.57 Å². The molecule has 5 rings (SSSR count). The number of benzene rings is 1. The third kappa shape index (κ3) is 2.54. The molecule has 0 radical (unpaired) electrons. The maximum atomic E-state index is 13.2. The molecule has 0 saturated heterocycles. The average Bonchev–Trinajstić information content (AvgIpc) is 3.23. The van der Waals surface area contributed by atoms with Crippen molar-refractivity contribution in [2.75, 3.05) is 12.8 Å². The second-order valence-electron chi connectivity index (χ2n) is 7.11. The summed E-state index contributed by atoms with van der Waals surface area (Å²) in [5, 5.41) is 13.6. The lowest BCUT2D eigenvalue weighted by Crippen LogP contribution is -2.32. The van der Waals surface area contributed by atoms with E-state index in [1.54, 1.807) is 12.5 Å².